The highest BCUT2D eigenvalue weighted by molar-refractivity contribution is 5.69. The summed E-state index contributed by atoms with van der Waals surface area (Å²) in [7, 11) is 0. The Labute approximate surface area is 111 Å². The van der Waals surface area contributed by atoms with Crippen molar-refractivity contribution in [3.8, 4) is 0 Å². The van der Waals surface area contributed by atoms with Gasteiger partial charge in [0.05, 0.1) is 6.54 Å². The summed E-state index contributed by atoms with van der Waals surface area (Å²) >= 11 is 0. The van der Waals surface area contributed by atoms with Gasteiger partial charge in [0.25, 0.3) is 0 Å². The standard InChI is InChI=1S/C8H12N2.C2H5NO2.CH4N2O/c9-5-7-1-2-8(6-10)4-3-7;3-1-2(4)5;2-1(3)4/h1-4H,5-6,9-10H2;1,3H2,(H,4,5);(H4,2,3,4). The number of carbonyl (C=O) groups is 2. The zero-order valence-corrected chi connectivity index (χ0v) is 10.6. The van der Waals surface area contributed by atoms with Crippen LogP contribution in [-0.2, 0) is 17.9 Å². The second-order valence-electron chi connectivity index (χ2n) is 3.22. The summed E-state index contributed by atoms with van der Waals surface area (Å²) in [6, 6.07) is 7.18. The average Bonchev–Trinajstić information content (AvgIpc) is 2.39. The molecular formula is C11H21N5O3. The van der Waals surface area contributed by atoms with Gasteiger partial charge in [0.15, 0.2) is 0 Å². The summed E-state index contributed by atoms with van der Waals surface area (Å²) in [6.45, 7) is 0.926. The van der Waals surface area contributed by atoms with E-state index in [1.165, 1.54) is 0 Å². The number of hydrogen-bond acceptors (Lipinski definition) is 5. The van der Waals surface area contributed by atoms with Crippen LogP contribution in [0.5, 0.6) is 0 Å². The lowest BCUT2D eigenvalue weighted by molar-refractivity contribution is -0.135. The molecule has 8 heteroatoms. The van der Waals surface area contributed by atoms with E-state index in [2.05, 4.69) is 17.2 Å². The number of carbonyl (C=O) groups excluding carboxylic acids is 1. The van der Waals surface area contributed by atoms with E-state index < -0.39 is 12.0 Å². The zero-order valence-electron chi connectivity index (χ0n) is 10.6. The van der Waals surface area contributed by atoms with Crippen molar-refractivity contribution in [2.24, 2.45) is 28.7 Å². The van der Waals surface area contributed by atoms with Crippen LogP contribution in [0.2, 0.25) is 0 Å². The van der Waals surface area contributed by atoms with Gasteiger partial charge in [-0.15, -0.1) is 0 Å². The molecule has 0 spiro atoms. The molecule has 11 N–H and O–H groups in total. The van der Waals surface area contributed by atoms with E-state index in [0.717, 1.165) is 11.1 Å². The van der Waals surface area contributed by atoms with Gasteiger partial charge in [-0.2, -0.15) is 0 Å². The average molecular weight is 271 g/mol. The molecule has 0 atom stereocenters. The molecule has 0 aliphatic rings. The van der Waals surface area contributed by atoms with Crippen LogP contribution in [0.1, 0.15) is 11.1 Å². The van der Waals surface area contributed by atoms with Crippen LogP contribution >= 0.6 is 0 Å². The van der Waals surface area contributed by atoms with Gasteiger partial charge in [-0.05, 0) is 11.1 Å². The number of primary amides is 2. The van der Waals surface area contributed by atoms with Crippen LogP contribution in [0.25, 0.3) is 0 Å². The van der Waals surface area contributed by atoms with Crippen LogP contribution in [-0.4, -0.2) is 23.7 Å². The largest absolute Gasteiger partial charge is 0.480 e. The van der Waals surface area contributed by atoms with E-state index in [4.69, 9.17) is 21.4 Å². The Bertz CT molecular complexity index is 340. The van der Waals surface area contributed by atoms with Crippen molar-refractivity contribution in [3.63, 3.8) is 0 Å². The first-order valence-corrected chi connectivity index (χ1v) is 5.32. The Kier molecular flexibility index (Phi) is 12.4. The molecule has 1 aromatic carbocycles. The Hall–Kier alpha value is -2.16. The number of benzene rings is 1. The summed E-state index contributed by atoms with van der Waals surface area (Å²) < 4.78 is 0. The summed E-state index contributed by atoms with van der Waals surface area (Å²) in [5.41, 5.74) is 26.2. The Morgan fingerprint density at radius 3 is 1.21 bits per heavy atom. The van der Waals surface area contributed by atoms with Gasteiger partial charge in [-0.1, -0.05) is 24.3 Å². The quantitative estimate of drug-likeness (QED) is 0.395. The molecule has 0 radical (unpaired) electrons. The summed E-state index contributed by atoms with van der Waals surface area (Å²) in [5.74, 6) is -0.968. The third-order valence-corrected chi connectivity index (χ3v) is 1.67. The molecule has 108 valence electrons. The first-order chi connectivity index (χ1) is 8.87. The molecular weight excluding hydrogens is 250 g/mol. The fraction of sp³-hybridized carbons (Fsp3) is 0.273. The molecule has 0 fully saturated rings. The number of rotatable bonds is 3. The van der Waals surface area contributed by atoms with E-state index >= 15 is 0 Å². The van der Waals surface area contributed by atoms with Crippen molar-refractivity contribution in [1.82, 2.24) is 0 Å². The first kappa shape index (κ1) is 19.2. The number of amides is 2. The van der Waals surface area contributed by atoms with Gasteiger partial charge >= 0.3 is 12.0 Å². The van der Waals surface area contributed by atoms with Crippen LogP contribution < -0.4 is 28.7 Å². The molecule has 0 aliphatic carbocycles. The van der Waals surface area contributed by atoms with Crippen LogP contribution in [0.15, 0.2) is 24.3 Å². The minimum absolute atomic E-state index is 0.278. The monoisotopic (exact) mass is 271 g/mol. The summed E-state index contributed by atoms with van der Waals surface area (Å²) in [4.78, 5) is 18.2. The van der Waals surface area contributed by atoms with Crippen molar-refractivity contribution in [3.05, 3.63) is 35.4 Å². The Balaban J connectivity index is 0. The number of aliphatic carboxylic acids is 1. The van der Waals surface area contributed by atoms with Gasteiger partial charge in [0.1, 0.15) is 0 Å². The van der Waals surface area contributed by atoms with Gasteiger partial charge in [0, 0.05) is 13.1 Å². The minimum atomic E-state index is -0.968. The molecule has 0 unspecified atom stereocenters. The van der Waals surface area contributed by atoms with Crippen LogP contribution in [0.3, 0.4) is 0 Å². The minimum Gasteiger partial charge on any atom is -0.480 e. The smallest absolute Gasteiger partial charge is 0.317 e. The molecule has 0 aliphatic heterocycles. The second kappa shape index (κ2) is 12.3. The van der Waals surface area contributed by atoms with Crippen molar-refractivity contribution < 1.29 is 14.7 Å². The molecule has 1 aromatic rings. The van der Waals surface area contributed by atoms with E-state index in [0.29, 0.717) is 13.1 Å². The van der Waals surface area contributed by atoms with Crippen LogP contribution in [0.4, 0.5) is 4.79 Å². The highest BCUT2D eigenvalue weighted by Gasteiger charge is 1.88. The maximum atomic E-state index is 9.24. The number of hydrogen-bond donors (Lipinski definition) is 6. The highest BCUT2D eigenvalue weighted by atomic mass is 16.4. The predicted molar refractivity (Wildman–Crippen MR) is 72.7 cm³/mol. The second-order valence-corrected chi connectivity index (χ2v) is 3.22. The third-order valence-electron chi connectivity index (χ3n) is 1.67. The van der Waals surface area contributed by atoms with Gasteiger partial charge in [-0.25, -0.2) is 4.79 Å². The molecule has 0 heterocycles. The Morgan fingerprint density at radius 2 is 1.11 bits per heavy atom. The lowest BCUT2D eigenvalue weighted by atomic mass is 10.1. The van der Waals surface area contributed by atoms with Crippen molar-refractivity contribution in [2.75, 3.05) is 6.54 Å². The molecule has 19 heavy (non-hydrogen) atoms. The third kappa shape index (κ3) is 15.8. The fourth-order valence-electron chi connectivity index (χ4n) is 0.811. The number of carboxylic acid groups (broad SMARTS) is 1. The van der Waals surface area contributed by atoms with E-state index in [1.807, 2.05) is 24.3 Å². The number of carboxylic acids is 1. The molecule has 0 aromatic heterocycles. The summed E-state index contributed by atoms with van der Waals surface area (Å²) in [6.07, 6.45) is 0. The van der Waals surface area contributed by atoms with Crippen molar-refractivity contribution in [1.29, 1.82) is 0 Å². The summed E-state index contributed by atoms with van der Waals surface area (Å²) in [5, 5.41) is 7.60. The van der Waals surface area contributed by atoms with Crippen LogP contribution in [0, 0.1) is 0 Å². The number of nitrogens with two attached hydrogens (primary N) is 5. The Morgan fingerprint density at radius 1 is 0.895 bits per heavy atom. The normalized spacial score (nSPS) is 8.37. The van der Waals surface area contributed by atoms with E-state index in [-0.39, 0.29) is 6.54 Å². The van der Waals surface area contributed by atoms with E-state index in [9.17, 15) is 4.79 Å². The maximum Gasteiger partial charge on any atom is 0.317 e. The predicted octanol–water partition coefficient (Wildman–Crippen LogP) is -1.34. The molecule has 8 nitrogen and oxygen atoms in total. The molecule has 0 bridgehead atoms. The lowest BCUT2D eigenvalue weighted by Gasteiger charge is -1.97. The van der Waals surface area contributed by atoms with Gasteiger partial charge in [-0.3, -0.25) is 4.79 Å². The first-order valence-electron chi connectivity index (χ1n) is 5.32. The number of urea groups is 1. The molecule has 0 saturated heterocycles. The zero-order chi connectivity index (χ0) is 15.3. The van der Waals surface area contributed by atoms with Gasteiger partial charge < -0.3 is 33.8 Å². The van der Waals surface area contributed by atoms with Crippen molar-refractivity contribution in [2.45, 2.75) is 13.1 Å². The van der Waals surface area contributed by atoms with Crippen molar-refractivity contribution >= 4 is 12.0 Å². The van der Waals surface area contributed by atoms with E-state index in [1.54, 1.807) is 0 Å². The molecule has 0 saturated carbocycles. The molecule has 2 amide bonds. The topological polar surface area (TPSA) is 184 Å². The lowest BCUT2D eigenvalue weighted by Crippen LogP contribution is -2.18. The SMILES string of the molecule is NC(N)=O.NCC(=O)O.NCc1ccc(CN)cc1. The van der Waals surface area contributed by atoms with Gasteiger partial charge in [0.2, 0.25) is 0 Å². The fourth-order valence-corrected chi connectivity index (χ4v) is 0.811. The highest BCUT2D eigenvalue weighted by Crippen LogP contribution is 2.01. The maximum absolute atomic E-state index is 9.24. The molecule has 1 rings (SSSR count).